The number of nitrogens with one attached hydrogen (secondary N) is 1. The topological polar surface area (TPSA) is 144 Å². The highest BCUT2D eigenvalue weighted by Gasteiger charge is 2.63. The van der Waals surface area contributed by atoms with Gasteiger partial charge in [-0.05, 0) is 238 Å². The van der Waals surface area contributed by atoms with E-state index in [0.717, 1.165) is 103 Å². The van der Waals surface area contributed by atoms with Crippen molar-refractivity contribution in [2.45, 2.75) is 66.5 Å². The Hall–Kier alpha value is -6.22. The Morgan fingerprint density at radius 3 is 1.59 bits per heavy atom. The molecule has 458 valence electrons. The van der Waals surface area contributed by atoms with Crippen LogP contribution in [0.2, 0.25) is 0 Å². The van der Waals surface area contributed by atoms with E-state index in [1.807, 2.05) is 143 Å². The summed E-state index contributed by atoms with van der Waals surface area (Å²) < 4.78 is 16.3. The van der Waals surface area contributed by atoms with Crippen molar-refractivity contribution in [3.8, 4) is 5.69 Å². The predicted molar refractivity (Wildman–Crippen MR) is 379 cm³/mol. The van der Waals surface area contributed by atoms with Crippen LogP contribution >= 0.6 is 79.4 Å². The van der Waals surface area contributed by atoms with Crippen molar-refractivity contribution in [2.24, 2.45) is 16.1 Å². The van der Waals surface area contributed by atoms with Crippen LogP contribution in [-0.4, -0.2) is 126 Å². The van der Waals surface area contributed by atoms with Gasteiger partial charge in [-0.25, -0.2) is 9.69 Å². The molecule has 0 spiro atoms. The smallest absolute Gasteiger partial charge is 0.277 e. The lowest BCUT2D eigenvalue weighted by Crippen LogP contribution is -2.74. The van der Waals surface area contributed by atoms with Gasteiger partial charge in [-0.2, -0.15) is 15.3 Å². The lowest BCUT2D eigenvalue weighted by molar-refractivity contribution is -0.139. The van der Waals surface area contributed by atoms with Crippen LogP contribution in [0.4, 0.5) is 28.4 Å². The largest absolute Gasteiger partial charge is 0.379 e. The minimum Gasteiger partial charge on any atom is -0.379 e. The third-order valence-electron chi connectivity index (χ3n) is 16.4. The summed E-state index contributed by atoms with van der Waals surface area (Å²) in [5.41, 5.74) is 15.8. The van der Waals surface area contributed by atoms with Gasteiger partial charge in [-0.15, -0.1) is 0 Å². The Labute approximate surface area is 562 Å². The fourth-order valence-electron chi connectivity index (χ4n) is 11.8. The first-order valence-corrected chi connectivity index (χ1v) is 33.3. The molecule has 3 amide bonds. The monoisotopic (exact) mass is 1540 g/mol. The number of carbonyl (C=O) groups is 3. The molecule has 7 heterocycles. The van der Waals surface area contributed by atoms with E-state index in [1.165, 1.54) is 20.3 Å². The number of fused-ring (bicyclic) bond motifs is 2. The number of hydrogen-bond acceptors (Lipinski definition) is 12. The van der Waals surface area contributed by atoms with Crippen LogP contribution in [-0.2, 0) is 25.5 Å². The van der Waals surface area contributed by atoms with Crippen molar-refractivity contribution in [1.82, 2.24) is 19.6 Å². The third-order valence-corrected chi connectivity index (χ3v) is 18.6. The van der Waals surface area contributed by atoms with E-state index in [9.17, 15) is 14.4 Å². The number of anilines is 5. The molecule has 0 aliphatic carbocycles. The fourth-order valence-corrected chi connectivity index (χ4v) is 12.9. The standard InChI is InChI=1S/C24H27IN4O2.C20H18IN3O.C15H17IN2O2.C9H11ClN2/c1-17-3-7-21(8-4-17)29-24(27-13-15-31-16-14-27)22(18(2)26-29)11-12-28(23(24)30)20-9-5-19(25)6-10-20;1-13-3-7-17(8-4-13)24-19-18(14(2)22-24)11-12-23(20(19)25)16-9-5-15(21)6-10-16;16-12-3-5-13(6-4-12)18-7-1-2-14(15(18)19)17-8-10-20-11-9-17;1-7-3-5-9(6-4-7)12-11-8(2)10/h3-10,22H,11-16H2,1-2H3;3-10H,11-12H2,1-2H3;2-6H,1,7-11H2;3-6,12H,1-2H3/b;;;11-8-/t22-,24+;;;/m0.../s1. The van der Waals surface area contributed by atoms with Crippen molar-refractivity contribution in [3.63, 3.8) is 0 Å². The number of piperidine rings is 1. The van der Waals surface area contributed by atoms with E-state index in [2.05, 4.69) is 156 Å². The maximum Gasteiger partial charge on any atom is 0.277 e. The second kappa shape index (κ2) is 29.6. The van der Waals surface area contributed by atoms with Gasteiger partial charge >= 0.3 is 0 Å². The number of rotatable bonds is 9. The third kappa shape index (κ3) is 14.8. The maximum atomic E-state index is 14.4. The van der Waals surface area contributed by atoms with Gasteiger partial charge in [0.1, 0.15) is 10.9 Å². The summed E-state index contributed by atoms with van der Waals surface area (Å²) in [6, 6.07) is 48.8. The lowest BCUT2D eigenvalue weighted by atomic mass is 9.80. The molecule has 0 radical (unpaired) electrons. The van der Waals surface area contributed by atoms with Crippen LogP contribution in [0.3, 0.4) is 0 Å². The molecule has 0 unspecified atom stereocenters. The number of aryl methyl sites for hydroxylation is 4. The molecule has 0 bridgehead atoms. The van der Waals surface area contributed by atoms with Crippen molar-refractivity contribution < 1.29 is 23.9 Å². The first kappa shape index (κ1) is 64.8. The predicted octanol–water partition coefficient (Wildman–Crippen LogP) is 13.4. The number of amides is 3. The molecular formula is C68H73ClI3N11O5. The number of nitrogens with zero attached hydrogens (tertiary/aromatic N) is 10. The number of hydrogen-bond donors (Lipinski definition) is 1. The molecule has 6 aliphatic heterocycles. The molecule has 2 atom stereocenters. The Balaban J connectivity index is 0.000000136. The average Bonchev–Trinajstić information content (AvgIpc) is 1.49. The molecule has 3 saturated heterocycles. The first-order chi connectivity index (χ1) is 42.5. The van der Waals surface area contributed by atoms with Gasteiger partial charge in [-0.3, -0.25) is 24.7 Å². The van der Waals surface area contributed by atoms with E-state index in [-0.39, 0.29) is 23.6 Å². The van der Waals surface area contributed by atoms with Crippen LogP contribution in [0.5, 0.6) is 0 Å². The number of aromatic nitrogens is 2. The van der Waals surface area contributed by atoms with Crippen LogP contribution in [0, 0.1) is 44.3 Å². The van der Waals surface area contributed by atoms with E-state index >= 15 is 0 Å². The molecule has 0 saturated carbocycles. The second-order valence-corrected chi connectivity index (χ2v) is 26.6. The summed E-state index contributed by atoms with van der Waals surface area (Å²) in [4.78, 5) is 50.5. The molecule has 7 aromatic rings. The lowest BCUT2D eigenvalue weighted by Gasteiger charge is -2.53. The van der Waals surface area contributed by atoms with Gasteiger partial charge < -0.3 is 29.1 Å². The normalized spacial score (nSPS) is 19.5. The number of carbonyl (C=O) groups excluding carboxylic acids is 3. The number of morpholine rings is 2. The summed E-state index contributed by atoms with van der Waals surface area (Å²) in [5.74, 6) is 0.288. The van der Waals surface area contributed by atoms with Gasteiger partial charge in [0.25, 0.3) is 17.7 Å². The zero-order valence-electron chi connectivity index (χ0n) is 50.4. The highest BCUT2D eigenvalue weighted by atomic mass is 127. The van der Waals surface area contributed by atoms with Gasteiger partial charge in [0.05, 0.1) is 54.9 Å². The zero-order chi connectivity index (χ0) is 62.1. The van der Waals surface area contributed by atoms with Crippen molar-refractivity contribution >= 4 is 136 Å². The average molecular weight is 1540 g/mol. The molecule has 20 heteroatoms. The summed E-state index contributed by atoms with van der Waals surface area (Å²) >= 11 is 12.4. The summed E-state index contributed by atoms with van der Waals surface area (Å²) in [5, 5.41) is 16.0. The molecule has 6 aliphatic rings. The molecule has 88 heavy (non-hydrogen) atoms. The Kier molecular flexibility index (Phi) is 21.8. The SMILES string of the molecule is C/C(Cl)=N/Nc1ccc(C)cc1.CC1=NN(c2ccc(C)cc2)[C@@]2(N3CCOCC3)C(=O)N(c3ccc(I)cc3)CC[C@@H]12.Cc1ccc(-n2nc(C)c3c2C(=O)N(c2ccc(I)cc2)CC3)cc1.O=C1C(N2CCOCC2)=CCCN1c1ccc(I)cc1. The van der Waals surface area contributed by atoms with Crippen LogP contribution in [0.1, 0.15) is 65.1 Å². The Morgan fingerprint density at radius 2 is 1.06 bits per heavy atom. The fraction of sp³-hybridized carbons (Fsp3) is 0.324. The molecule has 13 rings (SSSR count). The van der Waals surface area contributed by atoms with Gasteiger partial charge in [-0.1, -0.05) is 70.8 Å². The molecular weight excluding hydrogens is 1470 g/mol. The maximum absolute atomic E-state index is 14.4. The van der Waals surface area contributed by atoms with Crippen LogP contribution in [0.25, 0.3) is 5.69 Å². The Morgan fingerprint density at radius 1 is 0.580 bits per heavy atom. The van der Waals surface area contributed by atoms with E-state index in [1.54, 1.807) is 11.6 Å². The highest BCUT2D eigenvalue weighted by Crippen LogP contribution is 2.47. The minimum atomic E-state index is -0.857. The molecule has 1 N–H and O–H groups in total. The van der Waals surface area contributed by atoms with E-state index in [0.29, 0.717) is 63.5 Å². The van der Waals surface area contributed by atoms with Gasteiger partial charge in [0.2, 0.25) is 5.66 Å². The molecule has 1 aromatic heterocycles. The Bertz CT molecular complexity index is 3660. The molecule has 16 nitrogen and oxygen atoms in total. The summed E-state index contributed by atoms with van der Waals surface area (Å²) in [6.07, 6.45) is 4.68. The highest BCUT2D eigenvalue weighted by molar-refractivity contribution is 14.1. The number of benzene rings is 6. The molecule has 6 aromatic carbocycles. The minimum absolute atomic E-state index is 0.0173. The first-order valence-electron chi connectivity index (χ1n) is 29.7. The number of halogens is 4. The zero-order valence-corrected chi connectivity index (χ0v) is 57.7. The number of ether oxygens (including phenoxy) is 2. The number of hydrazone groups is 2. The van der Waals surface area contributed by atoms with Crippen LogP contribution < -0.4 is 25.1 Å². The van der Waals surface area contributed by atoms with Crippen molar-refractivity contribution in [3.05, 3.63) is 202 Å². The quantitative estimate of drug-likeness (QED) is 0.0843. The van der Waals surface area contributed by atoms with Crippen molar-refractivity contribution in [2.75, 3.05) is 97.4 Å². The van der Waals surface area contributed by atoms with Gasteiger partial charge in [0, 0.05) is 90.8 Å². The van der Waals surface area contributed by atoms with E-state index < -0.39 is 5.66 Å². The van der Waals surface area contributed by atoms with Gasteiger partial charge in [0.15, 0.2) is 0 Å². The summed E-state index contributed by atoms with van der Waals surface area (Å²) in [7, 11) is 0. The van der Waals surface area contributed by atoms with E-state index in [4.69, 9.17) is 26.2 Å². The molecule has 3 fully saturated rings. The van der Waals surface area contributed by atoms with Crippen LogP contribution in [0.15, 0.2) is 168 Å². The van der Waals surface area contributed by atoms with Crippen molar-refractivity contribution in [1.29, 1.82) is 0 Å². The summed E-state index contributed by atoms with van der Waals surface area (Å²) in [6.45, 7) is 19.8. The second-order valence-electron chi connectivity index (χ2n) is 22.3.